The van der Waals surface area contributed by atoms with Crippen molar-refractivity contribution in [1.82, 2.24) is 15.8 Å². The van der Waals surface area contributed by atoms with E-state index in [4.69, 9.17) is 4.52 Å². The Kier molecular flexibility index (Phi) is 9.80. The molecule has 1 aromatic rings. The second kappa shape index (κ2) is 10.2. The molecule has 0 aromatic carbocycles. The van der Waals surface area contributed by atoms with E-state index in [0.717, 1.165) is 36.8 Å². The first kappa shape index (κ1) is 22.2. The van der Waals surface area contributed by atoms with Gasteiger partial charge in [-0.05, 0) is 45.4 Å². The van der Waals surface area contributed by atoms with E-state index in [0.29, 0.717) is 11.5 Å². The van der Waals surface area contributed by atoms with Gasteiger partial charge in [0.1, 0.15) is 5.76 Å². The van der Waals surface area contributed by atoms with Crippen molar-refractivity contribution in [1.29, 1.82) is 0 Å². The molecule has 0 saturated carbocycles. The first-order valence-corrected chi connectivity index (χ1v) is 8.12. The average Bonchev–Trinajstić information content (AvgIpc) is 2.74. The number of halogens is 1. The van der Waals surface area contributed by atoms with E-state index in [1.807, 2.05) is 20.9 Å². The molecule has 0 aliphatic heterocycles. The summed E-state index contributed by atoms with van der Waals surface area (Å²) < 4.78 is 5.18. The number of nitrogens with one attached hydrogen (secondary N) is 2. The van der Waals surface area contributed by atoms with Crippen LogP contribution in [-0.2, 0) is 6.42 Å². The number of rotatable bonds is 6. The van der Waals surface area contributed by atoms with Crippen molar-refractivity contribution >= 4 is 29.9 Å². The van der Waals surface area contributed by atoms with Gasteiger partial charge >= 0.3 is 0 Å². The van der Waals surface area contributed by atoms with Crippen LogP contribution in [-0.4, -0.2) is 30.8 Å². The Morgan fingerprint density at radius 1 is 1.30 bits per heavy atom. The minimum Gasteiger partial charge on any atom is -0.361 e. The van der Waals surface area contributed by atoms with Crippen LogP contribution in [0.3, 0.4) is 0 Å². The molecule has 1 atom stereocenters. The molecule has 1 rings (SSSR count). The summed E-state index contributed by atoms with van der Waals surface area (Å²) in [6, 6.07) is 0.407. The van der Waals surface area contributed by atoms with Crippen molar-refractivity contribution in [3.05, 3.63) is 17.0 Å². The van der Waals surface area contributed by atoms with E-state index in [1.165, 1.54) is 12.0 Å². The standard InChI is InChI=1S/C17H32N4O.HI/c1-12(8-10-17(4,5)6)20-16(18-7)19-11-9-15-13(2)21-22-14(15)3;/h12H,8-11H2,1-7H3,(H2,18,19,20);1H. The van der Waals surface area contributed by atoms with E-state index in [-0.39, 0.29) is 24.0 Å². The lowest BCUT2D eigenvalue weighted by molar-refractivity contribution is 0.346. The molecule has 134 valence electrons. The maximum atomic E-state index is 5.18. The lowest BCUT2D eigenvalue weighted by Gasteiger charge is -2.23. The molecule has 0 radical (unpaired) electrons. The van der Waals surface area contributed by atoms with Gasteiger partial charge in [-0.25, -0.2) is 0 Å². The molecule has 0 fully saturated rings. The highest BCUT2D eigenvalue weighted by atomic mass is 127. The molecule has 0 aliphatic carbocycles. The summed E-state index contributed by atoms with van der Waals surface area (Å²) in [5, 5.41) is 10.8. The van der Waals surface area contributed by atoms with E-state index in [9.17, 15) is 0 Å². The van der Waals surface area contributed by atoms with Crippen molar-refractivity contribution in [2.24, 2.45) is 10.4 Å². The Morgan fingerprint density at radius 3 is 2.43 bits per heavy atom. The number of guanidine groups is 1. The van der Waals surface area contributed by atoms with Gasteiger partial charge in [0.15, 0.2) is 5.96 Å². The second-order valence-corrected chi connectivity index (χ2v) is 7.20. The largest absolute Gasteiger partial charge is 0.361 e. The van der Waals surface area contributed by atoms with Crippen molar-refractivity contribution < 1.29 is 4.52 Å². The predicted molar refractivity (Wildman–Crippen MR) is 108 cm³/mol. The number of aliphatic imine (C=N–C) groups is 1. The first-order valence-electron chi connectivity index (χ1n) is 8.12. The number of nitrogens with zero attached hydrogens (tertiary/aromatic N) is 2. The summed E-state index contributed by atoms with van der Waals surface area (Å²) in [6.07, 6.45) is 3.21. The summed E-state index contributed by atoms with van der Waals surface area (Å²) in [7, 11) is 1.81. The van der Waals surface area contributed by atoms with Gasteiger partial charge in [0.05, 0.1) is 5.69 Å². The van der Waals surface area contributed by atoms with Crippen molar-refractivity contribution in [3.8, 4) is 0 Å². The molecule has 1 aromatic heterocycles. The minimum atomic E-state index is 0. The van der Waals surface area contributed by atoms with Crippen LogP contribution in [0.5, 0.6) is 0 Å². The molecule has 1 heterocycles. The maximum Gasteiger partial charge on any atom is 0.191 e. The highest BCUT2D eigenvalue weighted by molar-refractivity contribution is 14.0. The van der Waals surface area contributed by atoms with Gasteiger partial charge in [0, 0.05) is 25.2 Å². The van der Waals surface area contributed by atoms with Gasteiger partial charge in [-0.3, -0.25) is 4.99 Å². The Bertz CT molecular complexity index is 472. The Balaban J connectivity index is 0.00000484. The zero-order valence-electron chi connectivity index (χ0n) is 15.6. The molecule has 0 aliphatic rings. The summed E-state index contributed by atoms with van der Waals surface area (Å²) in [4.78, 5) is 4.29. The van der Waals surface area contributed by atoms with Crippen LogP contribution in [0.2, 0.25) is 0 Å². The van der Waals surface area contributed by atoms with Gasteiger partial charge in [-0.2, -0.15) is 0 Å². The van der Waals surface area contributed by atoms with Gasteiger partial charge in [0.2, 0.25) is 0 Å². The molecule has 23 heavy (non-hydrogen) atoms. The summed E-state index contributed by atoms with van der Waals surface area (Å²) in [5.41, 5.74) is 2.53. The third kappa shape index (κ3) is 8.58. The molecule has 0 saturated heterocycles. The van der Waals surface area contributed by atoms with Crippen LogP contribution in [0.4, 0.5) is 0 Å². The van der Waals surface area contributed by atoms with Gasteiger partial charge in [0.25, 0.3) is 0 Å². The number of aromatic nitrogens is 1. The lowest BCUT2D eigenvalue weighted by Crippen LogP contribution is -2.43. The molecule has 0 spiro atoms. The Morgan fingerprint density at radius 2 is 1.96 bits per heavy atom. The van der Waals surface area contributed by atoms with Gasteiger partial charge in [-0.1, -0.05) is 25.9 Å². The first-order chi connectivity index (χ1) is 10.2. The molecule has 5 nitrogen and oxygen atoms in total. The van der Waals surface area contributed by atoms with Crippen LogP contribution in [0.1, 0.15) is 57.6 Å². The summed E-state index contributed by atoms with van der Waals surface area (Å²) in [5.74, 6) is 1.76. The topological polar surface area (TPSA) is 62.5 Å². The van der Waals surface area contributed by atoms with E-state index >= 15 is 0 Å². The molecular formula is C17H33IN4O. The molecular weight excluding hydrogens is 403 g/mol. The van der Waals surface area contributed by atoms with Gasteiger partial charge < -0.3 is 15.2 Å². The van der Waals surface area contributed by atoms with Crippen LogP contribution in [0.15, 0.2) is 9.52 Å². The monoisotopic (exact) mass is 436 g/mol. The quantitative estimate of drug-likeness (QED) is 0.404. The smallest absolute Gasteiger partial charge is 0.191 e. The number of aryl methyl sites for hydroxylation is 2. The maximum absolute atomic E-state index is 5.18. The fourth-order valence-electron chi connectivity index (χ4n) is 2.31. The summed E-state index contributed by atoms with van der Waals surface area (Å²) in [6.45, 7) is 13.8. The molecule has 6 heteroatoms. The van der Waals surface area contributed by atoms with E-state index in [1.54, 1.807) is 0 Å². The lowest BCUT2D eigenvalue weighted by atomic mass is 9.89. The fourth-order valence-corrected chi connectivity index (χ4v) is 2.31. The Labute approximate surface area is 158 Å². The highest BCUT2D eigenvalue weighted by Crippen LogP contribution is 2.21. The Hall–Kier alpha value is -0.790. The average molecular weight is 436 g/mol. The molecule has 1 unspecified atom stereocenters. The zero-order valence-corrected chi connectivity index (χ0v) is 17.9. The van der Waals surface area contributed by atoms with E-state index < -0.39 is 0 Å². The molecule has 0 amide bonds. The number of hydrogen-bond donors (Lipinski definition) is 2. The second-order valence-electron chi connectivity index (χ2n) is 7.20. The van der Waals surface area contributed by atoms with Crippen LogP contribution in [0, 0.1) is 19.3 Å². The third-order valence-electron chi connectivity index (χ3n) is 3.78. The number of hydrogen-bond acceptors (Lipinski definition) is 3. The third-order valence-corrected chi connectivity index (χ3v) is 3.78. The van der Waals surface area contributed by atoms with Crippen molar-refractivity contribution in [2.75, 3.05) is 13.6 Å². The summed E-state index contributed by atoms with van der Waals surface area (Å²) >= 11 is 0. The molecule has 2 N–H and O–H groups in total. The predicted octanol–water partition coefficient (Wildman–Crippen LogP) is 3.83. The SMILES string of the molecule is CN=C(NCCc1c(C)noc1C)NC(C)CCC(C)(C)C.I. The van der Waals surface area contributed by atoms with Crippen molar-refractivity contribution in [2.45, 2.75) is 66.8 Å². The van der Waals surface area contributed by atoms with Gasteiger partial charge in [-0.15, -0.1) is 24.0 Å². The normalized spacial score (nSPS) is 13.4. The van der Waals surface area contributed by atoms with Crippen LogP contribution in [0.25, 0.3) is 0 Å². The zero-order chi connectivity index (χ0) is 16.8. The van der Waals surface area contributed by atoms with E-state index in [2.05, 4.69) is 48.5 Å². The molecule has 0 bridgehead atoms. The fraction of sp³-hybridized carbons (Fsp3) is 0.765. The highest BCUT2D eigenvalue weighted by Gasteiger charge is 2.13. The van der Waals surface area contributed by atoms with Crippen molar-refractivity contribution in [3.63, 3.8) is 0 Å². The minimum absolute atomic E-state index is 0. The van der Waals surface area contributed by atoms with Crippen LogP contribution >= 0.6 is 24.0 Å². The van der Waals surface area contributed by atoms with Crippen LogP contribution < -0.4 is 10.6 Å².